The van der Waals surface area contributed by atoms with Gasteiger partial charge in [0.05, 0.1) is 11.7 Å². The standard InChI is InChI=1S/C22H25N5/c1-16-18(14-17-8-5-4-6-9-17)22(26-12-7-10-20(26)25(2)3)27-13-11-24-21(27)19(16)15-23/h4-6,8-9,11,13,20H,7,10,12,14H2,1-3H3. The molecule has 5 nitrogen and oxygen atoms in total. The lowest BCUT2D eigenvalue weighted by Crippen LogP contribution is -2.42. The Labute approximate surface area is 160 Å². The predicted octanol–water partition coefficient (Wildman–Crippen LogP) is 3.59. The number of pyridine rings is 1. The molecule has 0 bridgehead atoms. The second kappa shape index (κ2) is 7.05. The van der Waals surface area contributed by atoms with Crippen LogP contribution in [0.25, 0.3) is 5.65 Å². The molecule has 1 aliphatic rings. The van der Waals surface area contributed by atoms with Crippen molar-refractivity contribution in [2.45, 2.75) is 32.4 Å². The summed E-state index contributed by atoms with van der Waals surface area (Å²) >= 11 is 0. The highest BCUT2D eigenvalue weighted by Crippen LogP contribution is 2.35. The number of imidazole rings is 1. The van der Waals surface area contributed by atoms with Crippen molar-refractivity contribution in [1.82, 2.24) is 14.3 Å². The molecule has 4 rings (SSSR count). The highest BCUT2D eigenvalue weighted by molar-refractivity contribution is 5.70. The Balaban J connectivity index is 1.96. The number of rotatable bonds is 4. The maximum absolute atomic E-state index is 9.80. The third-order valence-electron chi connectivity index (χ3n) is 5.61. The van der Waals surface area contributed by atoms with Gasteiger partial charge < -0.3 is 4.90 Å². The summed E-state index contributed by atoms with van der Waals surface area (Å²) in [7, 11) is 4.28. The Morgan fingerprint density at radius 3 is 2.74 bits per heavy atom. The van der Waals surface area contributed by atoms with E-state index in [1.807, 2.05) is 12.3 Å². The number of anilines is 1. The molecule has 2 aromatic heterocycles. The lowest BCUT2D eigenvalue weighted by atomic mass is 9.97. The monoisotopic (exact) mass is 359 g/mol. The normalized spacial score (nSPS) is 17.0. The van der Waals surface area contributed by atoms with Crippen LogP contribution in [0.4, 0.5) is 5.82 Å². The number of fused-ring (bicyclic) bond motifs is 1. The smallest absolute Gasteiger partial charge is 0.156 e. The molecule has 27 heavy (non-hydrogen) atoms. The third-order valence-corrected chi connectivity index (χ3v) is 5.61. The lowest BCUT2D eigenvalue weighted by Gasteiger charge is -2.34. The highest BCUT2D eigenvalue weighted by Gasteiger charge is 2.31. The summed E-state index contributed by atoms with van der Waals surface area (Å²) < 4.78 is 2.12. The van der Waals surface area contributed by atoms with Gasteiger partial charge in [-0.2, -0.15) is 5.26 Å². The van der Waals surface area contributed by atoms with E-state index < -0.39 is 0 Å². The largest absolute Gasteiger partial charge is 0.342 e. The van der Waals surface area contributed by atoms with Crippen LogP contribution in [0, 0.1) is 18.3 Å². The Morgan fingerprint density at radius 2 is 2.04 bits per heavy atom. The fourth-order valence-corrected chi connectivity index (χ4v) is 4.28. The first kappa shape index (κ1) is 17.6. The molecule has 0 amide bonds. The molecule has 1 unspecified atom stereocenters. The number of nitriles is 1. The summed E-state index contributed by atoms with van der Waals surface area (Å²) in [6, 6.07) is 12.9. The van der Waals surface area contributed by atoms with Gasteiger partial charge in [-0.3, -0.25) is 9.30 Å². The minimum Gasteiger partial charge on any atom is -0.342 e. The van der Waals surface area contributed by atoms with Crippen LogP contribution in [0.3, 0.4) is 0 Å². The molecule has 0 radical (unpaired) electrons. The van der Waals surface area contributed by atoms with E-state index in [2.05, 4.69) is 70.5 Å². The molecular formula is C22H25N5. The molecule has 1 aliphatic heterocycles. The summed E-state index contributed by atoms with van der Waals surface area (Å²) in [5.41, 5.74) is 4.95. The quantitative estimate of drug-likeness (QED) is 0.714. The molecule has 0 spiro atoms. The SMILES string of the molecule is Cc1c(Cc2ccccc2)c(N2CCCC2N(C)C)n2ccnc2c1C#N. The number of nitrogens with zero attached hydrogens (tertiary/aromatic N) is 5. The molecule has 1 atom stereocenters. The maximum Gasteiger partial charge on any atom is 0.156 e. The predicted molar refractivity (Wildman–Crippen MR) is 108 cm³/mol. The van der Waals surface area contributed by atoms with Crippen molar-refractivity contribution >= 4 is 11.5 Å². The molecule has 1 aromatic carbocycles. The van der Waals surface area contributed by atoms with Crippen molar-refractivity contribution in [1.29, 1.82) is 5.26 Å². The summed E-state index contributed by atoms with van der Waals surface area (Å²) in [6.45, 7) is 3.08. The second-order valence-electron chi connectivity index (χ2n) is 7.48. The van der Waals surface area contributed by atoms with Crippen LogP contribution < -0.4 is 4.90 Å². The third kappa shape index (κ3) is 2.96. The van der Waals surface area contributed by atoms with E-state index in [1.54, 1.807) is 6.20 Å². The lowest BCUT2D eigenvalue weighted by molar-refractivity contribution is 0.299. The van der Waals surface area contributed by atoms with E-state index in [-0.39, 0.29) is 0 Å². The van der Waals surface area contributed by atoms with Crippen LogP contribution in [-0.4, -0.2) is 41.1 Å². The highest BCUT2D eigenvalue weighted by atomic mass is 15.4. The fourth-order valence-electron chi connectivity index (χ4n) is 4.28. The van der Waals surface area contributed by atoms with E-state index in [4.69, 9.17) is 0 Å². The number of hydrogen-bond donors (Lipinski definition) is 0. The molecule has 0 aliphatic carbocycles. The molecule has 1 fully saturated rings. The van der Waals surface area contributed by atoms with E-state index in [0.29, 0.717) is 11.7 Å². The Morgan fingerprint density at radius 1 is 1.26 bits per heavy atom. The van der Waals surface area contributed by atoms with Gasteiger partial charge in [0.15, 0.2) is 5.65 Å². The average Bonchev–Trinajstić information content (AvgIpc) is 3.33. The van der Waals surface area contributed by atoms with Crippen LogP contribution in [0.15, 0.2) is 42.7 Å². The van der Waals surface area contributed by atoms with Gasteiger partial charge in [0, 0.05) is 30.9 Å². The molecule has 3 aromatic rings. The van der Waals surface area contributed by atoms with Crippen LogP contribution in [0.1, 0.15) is 35.1 Å². The average molecular weight is 359 g/mol. The van der Waals surface area contributed by atoms with Crippen LogP contribution >= 0.6 is 0 Å². The van der Waals surface area contributed by atoms with Gasteiger partial charge >= 0.3 is 0 Å². The van der Waals surface area contributed by atoms with E-state index >= 15 is 0 Å². The van der Waals surface area contributed by atoms with Crippen molar-refractivity contribution < 1.29 is 0 Å². The van der Waals surface area contributed by atoms with E-state index in [0.717, 1.165) is 30.6 Å². The van der Waals surface area contributed by atoms with Crippen molar-refractivity contribution in [2.75, 3.05) is 25.5 Å². The van der Waals surface area contributed by atoms with Gasteiger partial charge in [-0.1, -0.05) is 30.3 Å². The summed E-state index contributed by atoms with van der Waals surface area (Å²) in [5.74, 6) is 1.18. The topological polar surface area (TPSA) is 47.6 Å². The first-order chi connectivity index (χ1) is 13.1. The minimum atomic E-state index is 0.359. The van der Waals surface area contributed by atoms with Gasteiger partial charge in [-0.15, -0.1) is 0 Å². The second-order valence-corrected chi connectivity index (χ2v) is 7.48. The molecule has 5 heteroatoms. The molecule has 138 valence electrons. The number of benzene rings is 1. The van der Waals surface area contributed by atoms with Gasteiger partial charge in [-0.25, -0.2) is 4.98 Å². The maximum atomic E-state index is 9.80. The van der Waals surface area contributed by atoms with Gasteiger partial charge in [-0.05, 0) is 45.0 Å². The number of hydrogen-bond acceptors (Lipinski definition) is 4. The molecule has 0 N–H and O–H groups in total. The summed E-state index contributed by atoms with van der Waals surface area (Å²) in [6.07, 6.45) is 7.27. The first-order valence-corrected chi connectivity index (χ1v) is 9.47. The Hall–Kier alpha value is -2.84. The van der Waals surface area contributed by atoms with Crippen LogP contribution in [0.2, 0.25) is 0 Å². The molecule has 0 saturated carbocycles. The summed E-state index contributed by atoms with van der Waals surface area (Å²) in [4.78, 5) is 9.28. The van der Waals surface area contributed by atoms with Gasteiger partial charge in [0.25, 0.3) is 0 Å². The van der Waals surface area contributed by atoms with Crippen molar-refractivity contribution in [3.8, 4) is 6.07 Å². The van der Waals surface area contributed by atoms with Crippen LogP contribution in [0.5, 0.6) is 0 Å². The van der Waals surface area contributed by atoms with E-state index in [1.165, 1.54) is 23.4 Å². The zero-order valence-electron chi connectivity index (χ0n) is 16.2. The minimum absolute atomic E-state index is 0.359. The van der Waals surface area contributed by atoms with Gasteiger partial charge in [0.2, 0.25) is 0 Å². The van der Waals surface area contributed by atoms with Crippen molar-refractivity contribution in [3.05, 3.63) is 65.0 Å². The molecule has 1 saturated heterocycles. The van der Waals surface area contributed by atoms with Crippen molar-refractivity contribution in [2.24, 2.45) is 0 Å². The fraction of sp³-hybridized carbons (Fsp3) is 0.364. The Bertz CT molecular complexity index is 997. The van der Waals surface area contributed by atoms with E-state index in [9.17, 15) is 5.26 Å². The van der Waals surface area contributed by atoms with Crippen molar-refractivity contribution in [3.63, 3.8) is 0 Å². The Kier molecular flexibility index (Phi) is 4.59. The van der Waals surface area contributed by atoms with Gasteiger partial charge in [0.1, 0.15) is 11.9 Å². The summed E-state index contributed by atoms with van der Waals surface area (Å²) in [5, 5.41) is 9.80. The molecular weight excluding hydrogens is 334 g/mol. The zero-order chi connectivity index (χ0) is 19.0. The zero-order valence-corrected chi connectivity index (χ0v) is 16.2. The first-order valence-electron chi connectivity index (χ1n) is 9.47. The van der Waals surface area contributed by atoms with Crippen LogP contribution in [-0.2, 0) is 6.42 Å². The number of aromatic nitrogens is 2. The molecule has 3 heterocycles.